The Morgan fingerprint density at radius 1 is 1.22 bits per heavy atom. The Morgan fingerprint density at radius 3 is 2.52 bits per heavy atom. The van der Waals surface area contributed by atoms with Crippen molar-refractivity contribution in [1.29, 1.82) is 0 Å². The molecule has 0 spiro atoms. The standard InChI is InChI=1S/C16H24N2O3S.ClH/c1-10-6-11(2)16(21-3)15(7-10)22(19,20)18-8-12-4-5-14(17)13(12)9-18;/h6-7,12-14H,4-5,8-9,17H2,1-3H3;1H. The first kappa shape index (κ1) is 18.5. The van der Waals surface area contributed by atoms with Gasteiger partial charge in [0.2, 0.25) is 10.0 Å². The third kappa shape index (κ3) is 3.09. The first-order valence-electron chi connectivity index (χ1n) is 7.75. The Morgan fingerprint density at radius 2 is 1.91 bits per heavy atom. The van der Waals surface area contributed by atoms with E-state index in [2.05, 4.69) is 0 Å². The summed E-state index contributed by atoms with van der Waals surface area (Å²) in [5.74, 6) is 1.15. The molecule has 2 fully saturated rings. The smallest absolute Gasteiger partial charge is 0.246 e. The van der Waals surface area contributed by atoms with Crippen LogP contribution in [0.25, 0.3) is 0 Å². The molecular formula is C16H25ClN2O3S. The van der Waals surface area contributed by atoms with Crippen molar-refractivity contribution in [3.63, 3.8) is 0 Å². The molecule has 1 aromatic rings. The summed E-state index contributed by atoms with van der Waals surface area (Å²) >= 11 is 0. The van der Waals surface area contributed by atoms with Crippen LogP contribution in [0.4, 0.5) is 0 Å². The summed E-state index contributed by atoms with van der Waals surface area (Å²) in [6.07, 6.45) is 2.04. The molecule has 1 aliphatic carbocycles. The molecule has 3 atom stereocenters. The lowest BCUT2D eigenvalue weighted by atomic mass is 9.98. The van der Waals surface area contributed by atoms with Crippen LogP contribution in [-0.2, 0) is 10.0 Å². The molecule has 1 saturated carbocycles. The van der Waals surface area contributed by atoms with Crippen LogP contribution in [0.15, 0.2) is 17.0 Å². The van der Waals surface area contributed by atoms with E-state index in [1.54, 1.807) is 10.4 Å². The Hall–Kier alpha value is -0.820. The van der Waals surface area contributed by atoms with Crippen molar-refractivity contribution < 1.29 is 13.2 Å². The molecule has 0 aromatic heterocycles. The highest BCUT2D eigenvalue weighted by Gasteiger charge is 2.45. The lowest BCUT2D eigenvalue weighted by Crippen LogP contribution is -2.33. The van der Waals surface area contributed by atoms with Gasteiger partial charge in [0, 0.05) is 19.1 Å². The van der Waals surface area contributed by atoms with E-state index >= 15 is 0 Å². The zero-order chi connectivity index (χ0) is 16.1. The Kier molecular flexibility index (Phi) is 5.31. The highest BCUT2D eigenvalue weighted by atomic mass is 35.5. The van der Waals surface area contributed by atoms with Gasteiger partial charge in [0.25, 0.3) is 0 Å². The van der Waals surface area contributed by atoms with Gasteiger partial charge in [0.15, 0.2) is 0 Å². The molecule has 3 unspecified atom stereocenters. The summed E-state index contributed by atoms with van der Waals surface area (Å²) in [5, 5.41) is 0. The number of ether oxygens (including phenoxy) is 1. The summed E-state index contributed by atoms with van der Waals surface area (Å²) in [5.41, 5.74) is 7.89. The highest BCUT2D eigenvalue weighted by Crippen LogP contribution is 2.41. The van der Waals surface area contributed by atoms with E-state index in [1.165, 1.54) is 7.11 Å². The molecule has 5 nitrogen and oxygen atoms in total. The number of aryl methyl sites for hydroxylation is 2. The van der Waals surface area contributed by atoms with Crippen LogP contribution in [0.3, 0.4) is 0 Å². The van der Waals surface area contributed by atoms with Crippen molar-refractivity contribution in [2.24, 2.45) is 17.6 Å². The average Bonchev–Trinajstić information content (AvgIpc) is 3.01. The van der Waals surface area contributed by atoms with Gasteiger partial charge in [-0.05, 0) is 55.7 Å². The van der Waals surface area contributed by atoms with Crippen molar-refractivity contribution in [1.82, 2.24) is 4.31 Å². The van der Waals surface area contributed by atoms with Gasteiger partial charge in [-0.15, -0.1) is 12.4 Å². The van der Waals surface area contributed by atoms with Crippen LogP contribution in [-0.4, -0.2) is 39.0 Å². The van der Waals surface area contributed by atoms with Crippen LogP contribution in [0.2, 0.25) is 0 Å². The van der Waals surface area contributed by atoms with Gasteiger partial charge in [-0.25, -0.2) is 8.42 Å². The average molecular weight is 361 g/mol. The van der Waals surface area contributed by atoms with E-state index in [9.17, 15) is 8.42 Å². The molecular weight excluding hydrogens is 336 g/mol. The molecule has 2 aliphatic rings. The number of hydrogen-bond donors (Lipinski definition) is 1. The molecule has 1 aliphatic heterocycles. The van der Waals surface area contributed by atoms with E-state index in [0.29, 0.717) is 30.7 Å². The van der Waals surface area contributed by atoms with Crippen LogP contribution in [0, 0.1) is 25.7 Å². The molecule has 1 aromatic carbocycles. The van der Waals surface area contributed by atoms with Crippen LogP contribution in [0.1, 0.15) is 24.0 Å². The van der Waals surface area contributed by atoms with Gasteiger partial charge < -0.3 is 10.5 Å². The fourth-order valence-electron chi connectivity index (χ4n) is 3.97. The van der Waals surface area contributed by atoms with Crippen LogP contribution in [0.5, 0.6) is 5.75 Å². The molecule has 130 valence electrons. The summed E-state index contributed by atoms with van der Waals surface area (Å²) in [6.45, 7) is 4.89. The van der Waals surface area contributed by atoms with Gasteiger partial charge in [0.1, 0.15) is 10.6 Å². The summed E-state index contributed by atoms with van der Waals surface area (Å²) in [6, 6.07) is 3.77. The quantitative estimate of drug-likeness (QED) is 0.895. The van der Waals surface area contributed by atoms with Crippen molar-refractivity contribution in [3.8, 4) is 5.75 Å². The van der Waals surface area contributed by atoms with Crippen LogP contribution < -0.4 is 10.5 Å². The second kappa shape index (κ2) is 6.59. The Balaban J connectivity index is 0.00000192. The molecule has 23 heavy (non-hydrogen) atoms. The summed E-state index contributed by atoms with van der Waals surface area (Å²) in [7, 11) is -2.02. The number of sulfonamides is 1. The first-order chi connectivity index (χ1) is 10.3. The molecule has 0 bridgehead atoms. The van der Waals surface area contributed by atoms with Gasteiger partial charge in [-0.3, -0.25) is 0 Å². The predicted molar refractivity (Wildman–Crippen MR) is 92.7 cm³/mol. The topological polar surface area (TPSA) is 72.6 Å². The van der Waals surface area contributed by atoms with E-state index in [-0.39, 0.29) is 23.3 Å². The Labute approximate surface area is 144 Å². The second-order valence-corrected chi connectivity index (χ2v) is 8.51. The predicted octanol–water partition coefficient (Wildman–Crippen LogP) is 2.09. The number of halogens is 1. The van der Waals surface area contributed by atoms with Crippen molar-refractivity contribution in [2.75, 3.05) is 20.2 Å². The van der Waals surface area contributed by atoms with Crippen LogP contribution >= 0.6 is 12.4 Å². The monoisotopic (exact) mass is 360 g/mol. The van der Waals surface area contributed by atoms with E-state index < -0.39 is 10.0 Å². The lowest BCUT2D eigenvalue weighted by Gasteiger charge is -2.21. The summed E-state index contributed by atoms with van der Waals surface area (Å²) < 4.78 is 33.1. The maximum atomic E-state index is 13.1. The molecule has 3 rings (SSSR count). The maximum absolute atomic E-state index is 13.1. The molecule has 1 heterocycles. The van der Waals surface area contributed by atoms with E-state index in [1.807, 2.05) is 19.9 Å². The van der Waals surface area contributed by atoms with Gasteiger partial charge >= 0.3 is 0 Å². The molecule has 0 amide bonds. The lowest BCUT2D eigenvalue weighted by molar-refractivity contribution is 0.391. The van der Waals surface area contributed by atoms with E-state index in [4.69, 9.17) is 10.5 Å². The third-order valence-corrected chi connectivity index (χ3v) is 6.92. The van der Waals surface area contributed by atoms with Crippen molar-refractivity contribution >= 4 is 22.4 Å². The minimum atomic E-state index is -3.54. The van der Waals surface area contributed by atoms with E-state index in [0.717, 1.165) is 24.0 Å². The number of methoxy groups -OCH3 is 1. The number of fused-ring (bicyclic) bond motifs is 1. The number of nitrogens with zero attached hydrogens (tertiary/aromatic N) is 1. The van der Waals surface area contributed by atoms with Crippen molar-refractivity contribution in [2.45, 2.75) is 37.6 Å². The van der Waals surface area contributed by atoms with Crippen molar-refractivity contribution in [3.05, 3.63) is 23.3 Å². The molecule has 2 N–H and O–H groups in total. The second-order valence-electron chi connectivity index (χ2n) is 6.60. The Bertz CT molecular complexity index is 693. The number of benzene rings is 1. The van der Waals surface area contributed by atoms with Gasteiger partial charge in [-0.2, -0.15) is 4.31 Å². The van der Waals surface area contributed by atoms with Gasteiger partial charge in [0.05, 0.1) is 7.11 Å². The minimum Gasteiger partial charge on any atom is -0.495 e. The zero-order valence-corrected chi connectivity index (χ0v) is 15.4. The zero-order valence-electron chi connectivity index (χ0n) is 13.8. The fraction of sp³-hybridized carbons (Fsp3) is 0.625. The number of rotatable bonds is 3. The maximum Gasteiger partial charge on any atom is 0.246 e. The SMILES string of the molecule is COc1c(C)cc(C)cc1S(=O)(=O)N1CC2CCC(N)C2C1.Cl. The minimum absolute atomic E-state index is 0. The molecule has 7 heteroatoms. The number of hydrogen-bond acceptors (Lipinski definition) is 4. The largest absolute Gasteiger partial charge is 0.495 e. The highest BCUT2D eigenvalue weighted by molar-refractivity contribution is 7.89. The number of nitrogens with two attached hydrogens (primary N) is 1. The van der Waals surface area contributed by atoms with Gasteiger partial charge in [-0.1, -0.05) is 6.07 Å². The molecule has 1 saturated heterocycles. The normalized spacial score (nSPS) is 27.6. The fourth-order valence-corrected chi connectivity index (χ4v) is 5.82. The molecule has 0 radical (unpaired) electrons. The summed E-state index contributed by atoms with van der Waals surface area (Å²) in [4.78, 5) is 0.279. The first-order valence-corrected chi connectivity index (χ1v) is 9.19. The third-order valence-electron chi connectivity index (χ3n) is 5.09.